The van der Waals surface area contributed by atoms with Crippen molar-refractivity contribution < 1.29 is 13.2 Å². The summed E-state index contributed by atoms with van der Waals surface area (Å²) in [4.78, 5) is 11.0. The molecule has 0 amide bonds. The summed E-state index contributed by atoms with van der Waals surface area (Å²) >= 11 is 0. The van der Waals surface area contributed by atoms with Crippen molar-refractivity contribution in [1.29, 1.82) is 0 Å². The van der Waals surface area contributed by atoms with Crippen molar-refractivity contribution in [3.8, 4) is 106 Å². The van der Waals surface area contributed by atoms with E-state index in [0.717, 1.165) is 132 Å². The molecular weight excluding hydrogens is 1410 g/mol. The van der Waals surface area contributed by atoms with E-state index in [2.05, 4.69) is 320 Å². The highest BCUT2D eigenvalue weighted by Crippen LogP contribution is 2.51. The number of pyridine rings is 2. The normalized spacial score (nSPS) is 12.0. The Morgan fingerprint density at radius 1 is 0.235 bits per heavy atom. The molecule has 0 radical (unpaired) electrons. The van der Waals surface area contributed by atoms with Crippen LogP contribution in [0.15, 0.2) is 231 Å². The molecule has 0 bridgehead atoms. The molecule has 5 nitrogen and oxygen atoms in total. The molecule has 0 saturated heterocycles. The average molecular weight is 1500 g/mol. The monoisotopic (exact) mass is 1500 g/mol. The summed E-state index contributed by atoms with van der Waals surface area (Å²) in [5, 5.41) is 5.88. The first-order valence-electron chi connectivity index (χ1n) is 40.0. The quantitative estimate of drug-likeness (QED) is 0.129. The minimum Gasteiger partial charge on any atom is -0.308 e. The van der Waals surface area contributed by atoms with E-state index >= 15 is 13.2 Å². The molecule has 13 aromatic carbocycles. The second-order valence-corrected chi connectivity index (χ2v) is 33.2. The number of aryl methyl sites for hydroxylation is 18. The van der Waals surface area contributed by atoms with Crippen LogP contribution in [0.2, 0.25) is 0 Å². The fraction of sp³-hybridized carbons (Fsp3) is 0.178. The number of hydrogen-bond acceptors (Lipinski definition) is 2. The van der Waals surface area contributed by atoms with E-state index in [0.29, 0.717) is 28.5 Å². The molecule has 115 heavy (non-hydrogen) atoms. The van der Waals surface area contributed by atoms with E-state index in [1.165, 1.54) is 112 Å². The standard InChI is InChI=1S/C107H92F3N5/c1-57-37-63(7)98(64(8)38-57)75-23-29-90-82(49-75)83-50-76(99-65(9)39-58(2)40-66(99)10)24-30-91(83)113(90)96-21-19-35-111-104(96)88-55-81(107(108,109)110)56-89(106(88)115-94-33-27-79(102-71(15)45-61(5)46-72(102)16)53-86(94)87-54-80(28-34-95(87)115)103-73(17)47-62(6)48-74(103)18)105-97(22-20-36-112-105)114-92-31-25-77(100-67(11)41-59(3)42-68(100)12)51-84(92)85-52-78(26-32-93(85)114)101-69(13)43-60(4)44-70(101)14/h19-56H,1-18H3. The number of alkyl halides is 3. The van der Waals surface area contributed by atoms with E-state index < -0.39 is 11.7 Å². The highest BCUT2D eigenvalue weighted by atomic mass is 19.4. The van der Waals surface area contributed by atoms with E-state index in [1.54, 1.807) is 12.4 Å². The lowest BCUT2D eigenvalue weighted by Gasteiger charge is -2.24. The lowest BCUT2D eigenvalue weighted by Crippen LogP contribution is -2.11. The summed E-state index contributed by atoms with van der Waals surface area (Å²) in [7, 11) is 0. The van der Waals surface area contributed by atoms with Crippen molar-refractivity contribution in [2.75, 3.05) is 0 Å². The SMILES string of the molecule is Cc1cc(C)c(-c2ccc3c(c2)c2cc(-c4c(C)cc(C)cc4C)ccc2n3-c2cccnc2-c2cc(C(F)(F)F)cc(-c3ncccc3-n3c4ccc(-c5c(C)cc(C)cc5C)cc4c4cc(-c5c(C)cc(C)cc5C)ccc43)c2-n2c3ccc(-c4c(C)cc(C)cc4C)cc3c3cc(-c4c(C)cc(C)cc4C)ccc32)c(C)c1. The molecule has 566 valence electrons. The van der Waals surface area contributed by atoms with Gasteiger partial charge in [0.2, 0.25) is 0 Å². The van der Waals surface area contributed by atoms with Crippen molar-refractivity contribution in [2.24, 2.45) is 0 Å². The largest absolute Gasteiger partial charge is 0.416 e. The van der Waals surface area contributed by atoms with E-state index in [-0.39, 0.29) is 11.1 Å². The molecule has 0 aliphatic heterocycles. The third kappa shape index (κ3) is 12.3. The summed E-state index contributed by atoms with van der Waals surface area (Å²) in [6.45, 7) is 39.0. The van der Waals surface area contributed by atoms with Crippen LogP contribution >= 0.6 is 0 Å². The maximum atomic E-state index is 17.3. The second kappa shape index (κ2) is 27.6. The van der Waals surface area contributed by atoms with Crippen LogP contribution in [0.5, 0.6) is 0 Å². The van der Waals surface area contributed by atoms with Gasteiger partial charge in [-0.1, -0.05) is 143 Å². The second-order valence-electron chi connectivity index (χ2n) is 33.2. The molecule has 0 fully saturated rings. The predicted molar refractivity (Wildman–Crippen MR) is 479 cm³/mol. The average Bonchev–Trinajstić information content (AvgIpc) is 1.46. The summed E-state index contributed by atoms with van der Waals surface area (Å²) in [5.74, 6) is 0. The zero-order valence-corrected chi connectivity index (χ0v) is 68.8. The first-order valence-corrected chi connectivity index (χ1v) is 40.0. The first kappa shape index (κ1) is 73.8. The highest BCUT2D eigenvalue weighted by Gasteiger charge is 2.36. The fourth-order valence-corrected chi connectivity index (χ4v) is 20.5. The van der Waals surface area contributed by atoms with Crippen LogP contribution in [-0.4, -0.2) is 23.7 Å². The summed E-state index contributed by atoms with van der Waals surface area (Å²) in [6.07, 6.45) is -1.42. The molecule has 0 atom stereocenters. The van der Waals surface area contributed by atoms with Crippen molar-refractivity contribution in [3.05, 3.63) is 336 Å². The predicted octanol–water partition coefficient (Wildman–Crippen LogP) is 29.7. The molecule has 0 spiro atoms. The van der Waals surface area contributed by atoms with Crippen molar-refractivity contribution in [1.82, 2.24) is 23.7 Å². The third-order valence-corrected chi connectivity index (χ3v) is 24.3. The number of aromatic nitrogens is 5. The molecule has 0 saturated carbocycles. The summed E-state index contributed by atoms with van der Waals surface area (Å²) in [5.41, 5.74) is 41.7. The van der Waals surface area contributed by atoms with Gasteiger partial charge in [-0.3, -0.25) is 9.97 Å². The lowest BCUT2D eigenvalue weighted by atomic mass is 9.91. The Bertz CT molecular complexity index is 6440. The molecule has 0 N–H and O–H groups in total. The zero-order chi connectivity index (χ0) is 80.4. The van der Waals surface area contributed by atoms with Gasteiger partial charge >= 0.3 is 6.18 Å². The van der Waals surface area contributed by atoms with Crippen LogP contribution < -0.4 is 0 Å². The number of hydrogen-bond donors (Lipinski definition) is 0. The molecule has 0 aliphatic rings. The lowest BCUT2D eigenvalue weighted by molar-refractivity contribution is -0.137. The molecule has 5 aromatic heterocycles. The van der Waals surface area contributed by atoms with Gasteiger partial charge in [0.25, 0.3) is 0 Å². The smallest absolute Gasteiger partial charge is 0.308 e. The van der Waals surface area contributed by atoms with Gasteiger partial charge in [0.1, 0.15) is 0 Å². The van der Waals surface area contributed by atoms with Gasteiger partial charge in [0, 0.05) is 55.8 Å². The van der Waals surface area contributed by atoms with Crippen LogP contribution in [0.4, 0.5) is 13.2 Å². The molecule has 5 heterocycles. The molecule has 8 heteroatoms. The van der Waals surface area contributed by atoms with Crippen LogP contribution in [0.1, 0.15) is 106 Å². The van der Waals surface area contributed by atoms with E-state index in [1.807, 2.05) is 24.3 Å². The number of benzene rings is 13. The fourth-order valence-electron chi connectivity index (χ4n) is 20.5. The van der Waals surface area contributed by atoms with Gasteiger partial charge < -0.3 is 13.7 Å². The zero-order valence-electron chi connectivity index (χ0n) is 68.8. The van der Waals surface area contributed by atoms with Gasteiger partial charge in [-0.25, -0.2) is 0 Å². The topological polar surface area (TPSA) is 40.6 Å². The Balaban J connectivity index is 0.988. The number of rotatable bonds is 11. The van der Waals surface area contributed by atoms with Gasteiger partial charge in [-0.2, -0.15) is 13.2 Å². The summed E-state index contributed by atoms with van der Waals surface area (Å²) in [6, 6.07) is 77.8. The van der Waals surface area contributed by atoms with Crippen molar-refractivity contribution in [3.63, 3.8) is 0 Å². The first-order chi connectivity index (χ1) is 55.0. The Morgan fingerprint density at radius 3 is 0.635 bits per heavy atom. The highest BCUT2D eigenvalue weighted by molar-refractivity contribution is 6.16. The van der Waals surface area contributed by atoms with Crippen LogP contribution in [0, 0.1) is 125 Å². The minimum absolute atomic E-state index is 0.267. The molecule has 0 unspecified atom stereocenters. The Kier molecular flexibility index (Phi) is 17.7. The van der Waals surface area contributed by atoms with Crippen LogP contribution in [0.25, 0.3) is 172 Å². The van der Waals surface area contributed by atoms with Crippen LogP contribution in [-0.2, 0) is 6.18 Å². The third-order valence-electron chi connectivity index (χ3n) is 24.3. The molecule has 18 rings (SSSR count). The molecular formula is C107H92F3N5. The number of halogens is 3. The van der Waals surface area contributed by atoms with Gasteiger partial charge in [0.05, 0.1) is 67.1 Å². The maximum Gasteiger partial charge on any atom is 0.416 e. The van der Waals surface area contributed by atoms with E-state index in [4.69, 9.17) is 9.97 Å². The van der Waals surface area contributed by atoms with Gasteiger partial charge in [-0.05, 0) is 367 Å². The Labute approximate surface area is 671 Å². The number of nitrogens with zero attached hydrogens (tertiary/aromatic N) is 5. The molecule has 18 aromatic rings. The molecule has 0 aliphatic carbocycles. The van der Waals surface area contributed by atoms with Gasteiger partial charge in [0.15, 0.2) is 0 Å². The number of fused-ring (bicyclic) bond motifs is 9. The minimum atomic E-state index is -4.87. The Morgan fingerprint density at radius 2 is 0.435 bits per heavy atom. The van der Waals surface area contributed by atoms with Crippen LogP contribution in [0.3, 0.4) is 0 Å². The Hall–Kier alpha value is -12.7. The summed E-state index contributed by atoms with van der Waals surface area (Å²) < 4.78 is 58.6. The van der Waals surface area contributed by atoms with E-state index in [9.17, 15) is 0 Å². The van der Waals surface area contributed by atoms with Crippen molar-refractivity contribution in [2.45, 2.75) is 131 Å². The van der Waals surface area contributed by atoms with Crippen molar-refractivity contribution >= 4 is 65.4 Å². The maximum absolute atomic E-state index is 17.3. The van der Waals surface area contributed by atoms with Gasteiger partial charge in [-0.15, -0.1) is 0 Å².